The molecular formula is C23H24N4O3S. The van der Waals surface area contributed by atoms with Crippen LogP contribution in [-0.2, 0) is 16.1 Å². The van der Waals surface area contributed by atoms with Crippen LogP contribution in [0.2, 0.25) is 0 Å². The third-order valence-electron chi connectivity index (χ3n) is 5.15. The average Bonchev–Trinajstić information content (AvgIpc) is 3.42. The molecule has 1 aliphatic heterocycles. The van der Waals surface area contributed by atoms with Gasteiger partial charge in [0.2, 0.25) is 5.91 Å². The zero-order valence-electron chi connectivity index (χ0n) is 17.4. The Labute approximate surface area is 185 Å². The molecule has 0 N–H and O–H groups in total. The Hall–Kier alpha value is -2.97. The number of ether oxygens (including phenoxy) is 1. The minimum atomic E-state index is -0.0129. The van der Waals surface area contributed by atoms with Gasteiger partial charge < -0.3 is 9.64 Å². The molecule has 0 spiro atoms. The number of Topliss-reactive ketones (excluding diaryl/α,β-unsaturated/α-hetero) is 1. The van der Waals surface area contributed by atoms with Crippen LogP contribution in [0.15, 0.2) is 59.8 Å². The third kappa shape index (κ3) is 4.86. The van der Waals surface area contributed by atoms with Gasteiger partial charge in [-0.15, -0.1) is 10.2 Å². The van der Waals surface area contributed by atoms with E-state index in [1.807, 2.05) is 47.0 Å². The topological polar surface area (TPSA) is 77.3 Å². The molecule has 0 bridgehead atoms. The summed E-state index contributed by atoms with van der Waals surface area (Å²) in [5, 5.41) is 9.34. The van der Waals surface area contributed by atoms with Gasteiger partial charge in [-0.2, -0.15) is 0 Å². The number of ketones is 1. The SMILES string of the molecule is COCCn1c(SCC(=O)c2cccc(N3CCCC3=O)c2)nnc1-c1ccccc1. The summed E-state index contributed by atoms with van der Waals surface area (Å²) in [6.45, 7) is 1.82. The molecule has 0 saturated carbocycles. The molecule has 3 aromatic rings. The van der Waals surface area contributed by atoms with Gasteiger partial charge in [-0.3, -0.25) is 14.2 Å². The molecular weight excluding hydrogens is 412 g/mol. The van der Waals surface area contributed by atoms with E-state index < -0.39 is 0 Å². The summed E-state index contributed by atoms with van der Waals surface area (Å²) in [4.78, 5) is 26.6. The Kier molecular flexibility index (Phi) is 6.79. The highest BCUT2D eigenvalue weighted by molar-refractivity contribution is 7.99. The maximum Gasteiger partial charge on any atom is 0.227 e. The summed E-state index contributed by atoms with van der Waals surface area (Å²) in [5.41, 5.74) is 2.34. The molecule has 1 saturated heterocycles. The van der Waals surface area contributed by atoms with E-state index in [-0.39, 0.29) is 17.4 Å². The lowest BCUT2D eigenvalue weighted by Gasteiger charge is -2.16. The maximum absolute atomic E-state index is 12.9. The van der Waals surface area contributed by atoms with Crippen molar-refractivity contribution in [3.8, 4) is 11.4 Å². The van der Waals surface area contributed by atoms with Crippen molar-refractivity contribution in [1.29, 1.82) is 0 Å². The van der Waals surface area contributed by atoms with Crippen LogP contribution in [0.5, 0.6) is 0 Å². The number of thioether (sulfide) groups is 1. The van der Waals surface area contributed by atoms with Gasteiger partial charge in [0, 0.05) is 36.9 Å². The van der Waals surface area contributed by atoms with Gasteiger partial charge >= 0.3 is 0 Å². The standard InChI is InChI=1S/C23H24N4O3S/c1-30-14-13-27-22(17-7-3-2-4-8-17)24-25-23(27)31-16-20(28)18-9-5-10-19(15-18)26-12-6-11-21(26)29/h2-5,7-10,15H,6,11-14,16H2,1H3. The second-order valence-electron chi connectivity index (χ2n) is 7.23. The zero-order valence-corrected chi connectivity index (χ0v) is 18.2. The van der Waals surface area contributed by atoms with Gasteiger partial charge in [0.1, 0.15) is 0 Å². The number of anilines is 1. The molecule has 2 aromatic carbocycles. The largest absolute Gasteiger partial charge is 0.383 e. The Balaban J connectivity index is 1.49. The molecule has 2 heterocycles. The molecule has 1 amide bonds. The molecule has 1 aliphatic rings. The Morgan fingerprint density at radius 1 is 1.13 bits per heavy atom. The number of aromatic nitrogens is 3. The molecule has 160 valence electrons. The molecule has 4 rings (SSSR count). The van der Waals surface area contributed by atoms with Crippen molar-refractivity contribution in [3.63, 3.8) is 0 Å². The van der Waals surface area contributed by atoms with Gasteiger partial charge in [0.05, 0.1) is 18.9 Å². The highest BCUT2D eigenvalue weighted by Crippen LogP contribution is 2.26. The van der Waals surface area contributed by atoms with Crippen LogP contribution in [0.4, 0.5) is 5.69 Å². The molecule has 1 aromatic heterocycles. The Morgan fingerprint density at radius 3 is 2.71 bits per heavy atom. The monoisotopic (exact) mass is 436 g/mol. The van der Waals surface area contributed by atoms with Crippen LogP contribution in [0, 0.1) is 0 Å². The van der Waals surface area contributed by atoms with Crippen molar-refractivity contribution in [2.24, 2.45) is 0 Å². The lowest BCUT2D eigenvalue weighted by Crippen LogP contribution is -2.23. The Bertz CT molecular complexity index is 1070. The number of rotatable bonds is 9. The summed E-state index contributed by atoms with van der Waals surface area (Å²) in [7, 11) is 1.65. The molecule has 8 heteroatoms. The molecule has 0 unspecified atom stereocenters. The third-order valence-corrected chi connectivity index (χ3v) is 6.12. The van der Waals surface area contributed by atoms with Crippen molar-refractivity contribution < 1.29 is 14.3 Å². The fourth-order valence-corrected chi connectivity index (χ4v) is 4.42. The first-order valence-corrected chi connectivity index (χ1v) is 11.2. The van der Waals surface area contributed by atoms with Crippen molar-refractivity contribution in [2.75, 3.05) is 30.9 Å². The minimum Gasteiger partial charge on any atom is -0.383 e. The second-order valence-corrected chi connectivity index (χ2v) is 8.17. The molecule has 0 radical (unpaired) electrons. The van der Waals surface area contributed by atoms with Crippen molar-refractivity contribution in [1.82, 2.24) is 14.8 Å². The molecule has 7 nitrogen and oxygen atoms in total. The summed E-state index contributed by atoms with van der Waals surface area (Å²) in [5.74, 6) is 1.08. The van der Waals surface area contributed by atoms with E-state index in [2.05, 4.69) is 10.2 Å². The molecule has 31 heavy (non-hydrogen) atoms. The number of methoxy groups -OCH3 is 1. The van der Waals surface area contributed by atoms with Crippen LogP contribution >= 0.6 is 11.8 Å². The quantitative estimate of drug-likeness (QED) is 0.376. The molecule has 0 atom stereocenters. The number of hydrogen-bond acceptors (Lipinski definition) is 6. The average molecular weight is 437 g/mol. The number of carbonyl (C=O) groups is 2. The lowest BCUT2D eigenvalue weighted by atomic mass is 10.1. The number of nitrogens with zero attached hydrogens (tertiary/aromatic N) is 4. The minimum absolute atomic E-state index is 0.0129. The van der Waals surface area contributed by atoms with Gasteiger partial charge in [-0.05, 0) is 18.6 Å². The summed E-state index contributed by atoms with van der Waals surface area (Å²) in [6, 6.07) is 17.1. The summed E-state index contributed by atoms with van der Waals surface area (Å²) < 4.78 is 7.22. The Morgan fingerprint density at radius 2 is 1.97 bits per heavy atom. The van der Waals surface area contributed by atoms with E-state index in [0.29, 0.717) is 36.8 Å². The zero-order chi connectivity index (χ0) is 21.6. The van der Waals surface area contributed by atoms with Crippen LogP contribution in [0.3, 0.4) is 0 Å². The predicted octanol–water partition coefficient (Wildman–Crippen LogP) is 3.69. The highest BCUT2D eigenvalue weighted by atomic mass is 32.2. The number of amides is 1. The highest BCUT2D eigenvalue weighted by Gasteiger charge is 2.22. The van der Waals surface area contributed by atoms with E-state index in [0.717, 1.165) is 23.5 Å². The van der Waals surface area contributed by atoms with Crippen LogP contribution in [0.25, 0.3) is 11.4 Å². The van der Waals surface area contributed by atoms with Gasteiger partial charge in [-0.25, -0.2) is 0 Å². The molecule has 1 fully saturated rings. The van der Waals surface area contributed by atoms with E-state index in [1.54, 1.807) is 24.1 Å². The second kappa shape index (κ2) is 9.89. The summed E-state index contributed by atoms with van der Waals surface area (Å²) >= 11 is 1.36. The van der Waals surface area contributed by atoms with E-state index in [1.165, 1.54) is 11.8 Å². The smallest absolute Gasteiger partial charge is 0.227 e. The van der Waals surface area contributed by atoms with Gasteiger partial charge in [-0.1, -0.05) is 54.2 Å². The number of benzene rings is 2. The molecule has 0 aliphatic carbocycles. The van der Waals surface area contributed by atoms with Crippen molar-refractivity contribution in [2.45, 2.75) is 24.5 Å². The fourth-order valence-electron chi connectivity index (χ4n) is 3.56. The van der Waals surface area contributed by atoms with Crippen molar-refractivity contribution in [3.05, 3.63) is 60.2 Å². The van der Waals surface area contributed by atoms with E-state index in [9.17, 15) is 9.59 Å². The first-order valence-electron chi connectivity index (χ1n) is 10.2. The summed E-state index contributed by atoms with van der Waals surface area (Å²) in [6.07, 6.45) is 1.42. The first-order chi connectivity index (χ1) is 15.2. The number of hydrogen-bond donors (Lipinski definition) is 0. The maximum atomic E-state index is 12.9. The predicted molar refractivity (Wildman–Crippen MR) is 120 cm³/mol. The first kappa shape index (κ1) is 21.3. The number of carbonyl (C=O) groups excluding carboxylic acids is 2. The van der Waals surface area contributed by atoms with Crippen LogP contribution in [0.1, 0.15) is 23.2 Å². The van der Waals surface area contributed by atoms with Crippen LogP contribution in [-0.4, -0.2) is 52.5 Å². The lowest BCUT2D eigenvalue weighted by molar-refractivity contribution is -0.117. The van der Waals surface area contributed by atoms with E-state index >= 15 is 0 Å². The van der Waals surface area contributed by atoms with Crippen LogP contribution < -0.4 is 4.90 Å². The van der Waals surface area contributed by atoms with E-state index in [4.69, 9.17) is 4.74 Å². The van der Waals surface area contributed by atoms with Gasteiger partial charge in [0.15, 0.2) is 16.8 Å². The normalized spacial score (nSPS) is 13.7. The van der Waals surface area contributed by atoms with Crippen molar-refractivity contribution >= 4 is 29.1 Å². The van der Waals surface area contributed by atoms with Gasteiger partial charge in [0.25, 0.3) is 0 Å². The fraction of sp³-hybridized carbons (Fsp3) is 0.304.